The van der Waals surface area contributed by atoms with Crippen LogP contribution in [0.2, 0.25) is 0 Å². The first-order valence-corrected chi connectivity index (χ1v) is 6.92. The lowest BCUT2D eigenvalue weighted by molar-refractivity contribution is 0.247. The first-order valence-electron chi connectivity index (χ1n) is 6.92. The van der Waals surface area contributed by atoms with Crippen molar-refractivity contribution in [3.05, 3.63) is 17.8 Å². The van der Waals surface area contributed by atoms with Crippen LogP contribution in [0.3, 0.4) is 0 Å². The molecule has 0 aliphatic heterocycles. The van der Waals surface area contributed by atoms with Gasteiger partial charge in [-0.25, -0.2) is 4.98 Å². The van der Waals surface area contributed by atoms with Gasteiger partial charge in [-0.05, 0) is 23.8 Å². The molecule has 1 rings (SSSR count). The van der Waals surface area contributed by atoms with Crippen molar-refractivity contribution in [2.75, 3.05) is 6.54 Å². The molecule has 0 bridgehead atoms. The number of oxazole rings is 1. The Morgan fingerprint density at radius 2 is 1.94 bits per heavy atom. The van der Waals surface area contributed by atoms with E-state index in [4.69, 9.17) is 4.42 Å². The molecule has 0 spiro atoms. The summed E-state index contributed by atoms with van der Waals surface area (Å²) in [7, 11) is 0. The zero-order chi connectivity index (χ0) is 13.8. The van der Waals surface area contributed by atoms with E-state index < -0.39 is 0 Å². The minimum Gasteiger partial charge on any atom is -0.448 e. The van der Waals surface area contributed by atoms with E-state index in [1.165, 1.54) is 0 Å². The molecule has 1 unspecified atom stereocenters. The third kappa shape index (κ3) is 4.81. The summed E-state index contributed by atoms with van der Waals surface area (Å²) in [5.74, 6) is 2.27. The van der Waals surface area contributed by atoms with Crippen molar-refractivity contribution in [2.45, 2.75) is 54.5 Å². The highest BCUT2D eigenvalue weighted by Crippen LogP contribution is 2.29. The van der Waals surface area contributed by atoms with Crippen LogP contribution in [0.1, 0.15) is 53.0 Å². The number of hydrogen-bond acceptors (Lipinski definition) is 3. The minimum atomic E-state index is 0.301. The highest BCUT2D eigenvalue weighted by atomic mass is 16.3. The lowest BCUT2D eigenvalue weighted by Crippen LogP contribution is -2.22. The van der Waals surface area contributed by atoms with E-state index in [1.807, 2.05) is 0 Å². The number of rotatable bonds is 6. The van der Waals surface area contributed by atoms with E-state index in [0.29, 0.717) is 17.3 Å². The fourth-order valence-electron chi connectivity index (χ4n) is 1.67. The SMILES string of the molecule is CC(C)CNCc1ncoc1CC(C)C(C)(C)C. The topological polar surface area (TPSA) is 38.1 Å². The van der Waals surface area contributed by atoms with Gasteiger partial charge in [-0.3, -0.25) is 0 Å². The standard InChI is InChI=1S/C15H28N2O/c1-11(2)8-16-9-13-14(18-10-17-13)7-12(3)15(4,5)6/h10-12,16H,7-9H2,1-6H3. The second-order valence-corrected chi connectivity index (χ2v) is 6.72. The summed E-state index contributed by atoms with van der Waals surface area (Å²) in [6.07, 6.45) is 2.53. The van der Waals surface area contributed by atoms with Gasteiger partial charge >= 0.3 is 0 Å². The molecule has 0 fully saturated rings. The highest BCUT2D eigenvalue weighted by molar-refractivity contribution is 5.08. The molecule has 0 saturated carbocycles. The van der Waals surface area contributed by atoms with Gasteiger partial charge in [0.25, 0.3) is 0 Å². The molecule has 18 heavy (non-hydrogen) atoms. The van der Waals surface area contributed by atoms with Crippen LogP contribution in [0.5, 0.6) is 0 Å². The largest absolute Gasteiger partial charge is 0.448 e. The van der Waals surface area contributed by atoms with Crippen molar-refractivity contribution in [2.24, 2.45) is 17.3 Å². The Hall–Kier alpha value is -0.830. The van der Waals surface area contributed by atoms with Gasteiger partial charge in [-0.2, -0.15) is 0 Å². The van der Waals surface area contributed by atoms with Crippen LogP contribution in [-0.2, 0) is 13.0 Å². The zero-order valence-electron chi connectivity index (χ0n) is 12.7. The van der Waals surface area contributed by atoms with Crippen molar-refractivity contribution >= 4 is 0 Å². The van der Waals surface area contributed by atoms with Crippen molar-refractivity contribution in [3.63, 3.8) is 0 Å². The van der Waals surface area contributed by atoms with E-state index in [9.17, 15) is 0 Å². The Labute approximate surface area is 111 Å². The Balaban J connectivity index is 2.54. The normalized spacial score (nSPS) is 14.2. The maximum atomic E-state index is 5.54. The molecule has 1 heterocycles. The molecule has 3 heteroatoms. The number of nitrogens with one attached hydrogen (secondary N) is 1. The summed E-state index contributed by atoms with van der Waals surface area (Å²) >= 11 is 0. The fourth-order valence-corrected chi connectivity index (χ4v) is 1.67. The maximum absolute atomic E-state index is 5.54. The van der Waals surface area contributed by atoms with Gasteiger partial charge in [-0.15, -0.1) is 0 Å². The first kappa shape index (κ1) is 15.2. The van der Waals surface area contributed by atoms with Gasteiger partial charge < -0.3 is 9.73 Å². The van der Waals surface area contributed by atoms with E-state index in [0.717, 1.165) is 31.0 Å². The summed E-state index contributed by atoms with van der Waals surface area (Å²) in [6.45, 7) is 15.3. The maximum Gasteiger partial charge on any atom is 0.181 e. The highest BCUT2D eigenvalue weighted by Gasteiger charge is 2.22. The van der Waals surface area contributed by atoms with Crippen LogP contribution in [0.25, 0.3) is 0 Å². The van der Waals surface area contributed by atoms with Gasteiger partial charge in [0.15, 0.2) is 6.39 Å². The van der Waals surface area contributed by atoms with Gasteiger partial charge in [0.05, 0.1) is 5.69 Å². The van der Waals surface area contributed by atoms with Crippen LogP contribution in [0.4, 0.5) is 0 Å². The molecule has 0 aromatic carbocycles. The third-order valence-corrected chi connectivity index (χ3v) is 3.54. The quantitative estimate of drug-likeness (QED) is 0.840. The Morgan fingerprint density at radius 3 is 2.50 bits per heavy atom. The molecule has 104 valence electrons. The summed E-state index contributed by atoms with van der Waals surface area (Å²) < 4.78 is 5.54. The second kappa shape index (κ2) is 6.37. The van der Waals surface area contributed by atoms with Crippen molar-refractivity contribution in [1.82, 2.24) is 10.3 Å². The monoisotopic (exact) mass is 252 g/mol. The van der Waals surface area contributed by atoms with Gasteiger partial charge in [0.2, 0.25) is 0 Å². The lowest BCUT2D eigenvalue weighted by Gasteiger charge is -2.26. The van der Waals surface area contributed by atoms with Crippen molar-refractivity contribution in [3.8, 4) is 0 Å². The molecule has 0 saturated heterocycles. The summed E-state index contributed by atoms with van der Waals surface area (Å²) in [5.41, 5.74) is 1.36. The smallest absolute Gasteiger partial charge is 0.181 e. The lowest BCUT2D eigenvalue weighted by atomic mass is 9.79. The van der Waals surface area contributed by atoms with Crippen LogP contribution in [0, 0.1) is 17.3 Å². The van der Waals surface area contributed by atoms with Crippen molar-refractivity contribution < 1.29 is 4.42 Å². The van der Waals surface area contributed by atoms with Crippen LogP contribution >= 0.6 is 0 Å². The molecule has 0 aliphatic rings. The summed E-state index contributed by atoms with van der Waals surface area (Å²) in [4.78, 5) is 4.32. The second-order valence-electron chi connectivity index (χ2n) is 6.72. The van der Waals surface area contributed by atoms with E-state index >= 15 is 0 Å². The number of nitrogens with zero attached hydrogens (tertiary/aromatic N) is 1. The molecular formula is C15H28N2O. The molecule has 0 aliphatic carbocycles. The molecule has 3 nitrogen and oxygen atoms in total. The predicted molar refractivity (Wildman–Crippen MR) is 75.4 cm³/mol. The Morgan fingerprint density at radius 1 is 1.28 bits per heavy atom. The van der Waals surface area contributed by atoms with E-state index in [-0.39, 0.29) is 0 Å². The zero-order valence-corrected chi connectivity index (χ0v) is 12.7. The first-order chi connectivity index (χ1) is 8.30. The average Bonchev–Trinajstić information content (AvgIpc) is 2.64. The molecule has 0 radical (unpaired) electrons. The molecule has 0 amide bonds. The summed E-state index contributed by atoms with van der Waals surface area (Å²) in [5, 5.41) is 3.42. The Kier molecular flexibility index (Phi) is 5.39. The molecule has 1 aromatic heterocycles. The number of aromatic nitrogens is 1. The minimum absolute atomic E-state index is 0.301. The molecule has 1 N–H and O–H groups in total. The van der Waals surface area contributed by atoms with Gasteiger partial charge in [0, 0.05) is 13.0 Å². The molecule has 1 aromatic rings. The molecular weight excluding hydrogens is 224 g/mol. The van der Waals surface area contributed by atoms with Crippen molar-refractivity contribution in [1.29, 1.82) is 0 Å². The van der Waals surface area contributed by atoms with E-state index in [1.54, 1.807) is 6.39 Å². The van der Waals surface area contributed by atoms with Crippen LogP contribution in [0.15, 0.2) is 10.8 Å². The molecule has 1 atom stereocenters. The van der Waals surface area contributed by atoms with Crippen LogP contribution in [-0.4, -0.2) is 11.5 Å². The van der Waals surface area contributed by atoms with Gasteiger partial charge in [0.1, 0.15) is 5.76 Å². The van der Waals surface area contributed by atoms with E-state index in [2.05, 4.69) is 51.8 Å². The fraction of sp³-hybridized carbons (Fsp3) is 0.800. The third-order valence-electron chi connectivity index (χ3n) is 3.54. The predicted octanol–water partition coefficient (Wildman–Crippen LogP) is 3.64. The Bertz CT molecular complexity index is 350. The number of hydrogen-bond donors (Lipinski definition) is 1. The average molecular weight is 252 g/mol. The van der Waals surface area contributed by atoms with Gasteiger partial charge in [-0.1, -0.05) is 41.5 Å². The van der Waals surface area contributed by atoms with Crippen LogP contribution < -0.4 is 5.32 Å². The summed E-state index contributed by atoms with van der Waals surface area (Å²) in [6, 6.07) is 0.